The van der Waals surface area contributed by atoms with Crippen LogP contribution in [0.25, 0.3) is 0 Å². The van der Waals surface area contributed by atoms with Crippen molar-refractivity contribution in [2.75, 3.05) is 0 Å². The van der Waals surface area contributed by atoms with Crippen molar-refractivity contribution in [2.24, 2.45) is 0 Å². The van der Waals surface area contributed by atoms with Gasteiger partial charge in [0, 0.05) is 0 Å². The summed E-state index contributed by atoms with van der Waals surface area (Å²) < 4.78 is 0. The van der Waals surface area contributed by atoms with Gasteiger partial charge in [-0.1, -0.05) is 6.58 Å². The number of hydroxylamine groups is 2. The highest BCUT2D eigenvalue weighted by Gasteiger charge is 2.34. The third kappa shape index (κ3) is 1.53. The van der Waals surface area contributed by atoms with Gasteiger partial charge in [0.2, 0.25) is 0 Å². The van der Waals surface area contributed by atoms with Gasteiger partial charge in [-0.05, 0) is 20.8 Å². The molecule has 0 atom stereocenters. The number of hydrogen-bond acceptors (Lipinski definition) is 2. The Kier molecular flexibility index (Phi) is 1.66. The number of rotatable bonds is 0. The van der Waals surface area contributed by atoms with Gasteiger partial charge >= 0.3 is 0 Å². The van der Waals surface area contributed by atoms with Crippen LogP contribution in [0.15, 0.2) is 12.3 Å². The van der Waals surface area contributed by atoms with Crippen molar-refractivity contribution in [2.45, 2.75) is 32.7 Å². The van der Waals surface area contributed by atoms with E-state index in [4.69, 9.17) is 4.84 Å². The Hall–Kier alpha value is -0.990. The molecule has 0 bridgehead atoms. The van der Waals surface area contributed by atoms with Crippen LogP contribution >= 0.6 is 0 Å². The summed E-state index contributed by atoms with van der Waals surface area (Å²) in [6.45, 7) is 9.34. The Morgan fingerprint density at radius 3 is 2.27 bits per heavy atom. The third-order valence-electron chi connectivity index (χ3n) is 1.40. The van der Waals surface area contributed by atoms with E-state index >= 15 is 0 Å². The van der Waals surface area contributed by atoms with E-state index < -0.39 is 0 Å². The maximum atomic E-state index is 11.2. The third-order valence-corrected chi connectivity index (χ3v) is 1.40. The summed E-state index contributed by atoms with van der Waals surface area (Å²) in [4.78, 5) is 16.3. The lowest BCUT2D eigenvalue weighted by atomic mass is 10.1. The zero-order valence-electron chi connectivity index (χ0n) is 7.18. The second-order valence-corrected chi connectivity index (χ2v) is 3.67. The Bertz CT molecular complexity index is 203. The highest BCUT2D eigenvalue weighted by Crippen LogP contribution is 2.25. The Labute approximate surface area is 66.6 Å². The summed E-state index contributed by atoms with van der Waals surface area (Å²) in [6, 6.07) is 0. The minimum Gasteiger partial charge on any atom is -0.381 e. The molecule has 0 aromatic heterocycles. The molecule has 1 amide bonds. The van der Waals surface area contributed by atoms with E-state index in [0.717, 1.165) is 0 Å². The molecule has 0 aliphatic carbocycles. The first-order chi connectivity index (χ1) is 4.91. The minimum atomic E-state index is -0.267. The molecule has 1 fully saturated rings. The van der Waals surface area contributed by atoms with Crippen LogP contribution in [-0.4, -0.2) is 16.5 Å². The van der Waals surface area contributed by atoms with Crippen molar-refractivity contribution >= 4 is 5.91 Å². The predicted octanol–water partition coefficient (Wildman–Crippen LogP) is 1.46. The second kappa shape index (κ2) is 2.26. The van der Waals surface area contributed by atoms with Crippen LogP contribution in [0.5, 0.6) is 0 Å². The summed E-state index contributed by atoms with van der Waals surface area (Å²) in [7, 11) is 0. The van der Waals surface area contributed by atoms with Crippen LogP contribution in [0.3, 0.4) is 0 Å². The summed E-state index contributed by atoms with van der Waals surface area (Å²) in [5.41, 5.74) is -0.267. The number of amides is 1. The van der Waals surface area contributed by atoms with Crippen LogP contribution < -0.4 is 0 Å². The Morgan fingerprint density at radius 1 is 1.55 bits per heavy atom. The number of nitrogens with zero attached hydrogens (tertiary/aromatic N) is 1. The van der Waals surface area contributed by atoms with E-state index in [2.05, 4.69) is 6.58 Å². The van der Waals surface area contributed by atoms with Crippen molar-refractivity contribution in [3.8, 4) is 0 Å². The average molecular weight is 155 g/mol. The van der Waals surface area contributed by atoms with Crippen LogP contribution in [0, 0.1) is 0 Å². The fourth-order valence-corrected chi connectivity index (χ4v) is 0.964. The number of carbonyl (C=O) groups excluding carboxylic acids is 1. The number of hydrogen-bond donors (Lipinski definition) is 0. The van der Waals surface area contributed by atoms with Crippen molar-refractivity contribution < 1.29 is 9.63 Å². The highest BCUT2D eigenvalue weighted by atomic mass is 16.7. The standard InChI is InChI=1S/C8H13NO2/c1-6-5-7(10)9(11-6)8(2,3)4/h1,5H2,2-4H3. The fraction of sp³-hybridized carbons (Fsp3) is 0.625. The van der Waals surface area contributed by atoms with Gasteiger partial charge in [-0.15, -0.1) is 0 Å². The molecule has 0 spiro atoms. The topological polar surface area (TPSA) is 29.5 Å². The molecule has 0 saturated carbocycles. The maximum absolute atomic E-state index is 11.2. The van der Waals surface area contributed by atoms with E-state index in [9.17, 15) is 4.79 Å². The average Bonchev–Trinajstić information content (AvgIpc) is 2.08. The molecule has 0 N–H and O–H groups in total. The maximum Gasteiger partial charge on any atom is 0.263 e. The zero-order valence-corrected chi connectivity index (χ0v) is 7.18. The number of carbonyl (C=O) groups is 1. The Balaban J connectivity index is 2.76. The molecular formula is C8H13NO2. The van der Waals surface area contributed by atoms with Gasteiger partial charge in [0.1, 0.15) is 5.76 Å². The van der Waals surface area contributed by atoms with E-state index in [1.54, 1.807) is 0 Å². The first-order valence-electron chi connectivity index (χ1n) is 3.60. The SMILES string of the molecule is C=C1CC(=O)N(C(C)(C)C)O1. The Morgan fingerprint density at radius 2 is 2.09 bits per heavy atom. The molecule has 3 heteroatoms. The monoisotopic (exact) mass is 155 g/mol. The largest absolute Gasteiger partial charge is 0.381 e. The van der Waals surface area contributed by atoms with E-state index in [0.29, 0.717) is 12.2 Å². The smallest absolute Gasteiger partial charge is 0.263 e. The molecule has 0 unspecified atom stereocenters. The normalized spacial score (nSPS) is 19.0. The lowest BCUT2D eigenvalue weighted by Gasteiger charge is -2.28. The molecule has 1 aliphatic rings. The van der Waals surface area contributed by atoms with Gasteiger partial charge in [-0.3, -0.25) is 4.79 Å². The van der Waals surface area contributed by atoms with Gasteiger partial charge in [-0.25, -0.2) is 0 Å². The highest BCUT2D eigenvalue weighted by molar-refractivity contribution is 5.79. The van der Waals surface area contributed by atoms with Crippen molar-refractivity contribution in [1.82, 2.24) is 5.06 Å². The van der Waals surface area contributed by atoms with Crippen molar-refractivity contribution in [1.29, 1.82) is 0 Å². The van der Waals surface area contributed by atoms with Crippen LogP contribution in [-0.2, 0) is 9.63 Å². The molecule has 0 aromatic rings. The second-order valence-electron chi connectivity index (χ2n) is 3.67. The minimum absolute atomic E-state index is 0.0116. The molecule has 0 radical (unpaired) electrons. The molecular weight excluding hydrogens is 142 g/mol. The van der Waals surface area contributed by atoms with Gasteiger partial charge in [-0.2, -0.15) is 5.06 Å². The quantitative estimate of drug-likeness (QED) is 0.530. The summed E-state index contributed by atoms with van der Waals surface area (Å²) in [5.74, 6) is 0.521. The van der Waals surface area contributed by atoms with E-state index in [1.165, 1.54) is 5.06 Å². The van der Waals surface area contributed by atoms with Crippen LogP contribution in [0.4, 0.5) is 0 Å². The first-order valence-corrected chi connectivity index (χ1v) is 3.60. The first kappa shape index (κ1) is 8.11. The van der Waals surface area contributed by atoms with Gasteiger partial charge in [0.25, 0.3) is 5.91 Å². The van der Waals surface area contributed by atoms with Gasteiger partial charge in [0.05, 0.1) is 12.0 Å². The molecule has 11 heavy (non-hydrogen) atoms. The molecule has 0 aromatic carbocycles. The fourth-order valence-electron chi connectivity index (χ4n) is 0.964. The summed E-state index contributed by atoms with van der Waals surface area (Å²) in [5, 5.41) is 1.37. The van der Waals surface area contributed by atoms with Crippen LogP contribution in [0.2, 0.25) is 0 Å². The predicted molar refractivity (Wildman–Crippen MR) is 41.4 cm³/mol. The molecule has 3 nitrogen and oxygen atoms in total. The van der Waals surface area contributed by atoms with E-state index in [-0.39, 0.29) is 11.4 Å². The zero-order chi connectivity index (χ0) is 8.65. The molecule has 1 rings (SSSR count). The molecule has 1 aliphatic heterocycles. The van der Waals surface area contributed by atoms with Gasteiger partial charge in [0.15, 0.2) is 0 Å². The lowest BCUT2D eigenvalue weighted by molar-refractivity contribution is -0.176. The van der Waals surface area contributed by atoms with Gasteiger partial charge < -0.3 is 4.84 Å². The summed E-state index contributed by atoms with van der Waals surface area (Å²) >= 11 is 0. The molecule has 1 heterocycles. The lowest BCUT2D eigenvalue weighted by Crippen LogP contribution is -2.40. The molecule has 1 saturated heterocycles. The summed E-state index contributed by atoms with van der Waals surface area (Å²) in [6.07, 6.45) is 0.317. The van der Waals surface area contributed by atoms with E-state index in [1.807, 2.05) is 20.8 Å². The van der Waals surface area contributed by atoms with Crippen LogP contribution in [0.1, 0.15) is 27.2 Å². The van der Waals surface area contributed by atoms with Crippen molar-refractivity contribution in [3.05, 3.63) is 12.3 Å². The van der Waals surface area contributed by atoms with Crippen molar-refractivity contribution in [3.63, 3.8) is 0 Å². The molecule has 62 valence electrons.